The van der Waals surface area contributed by atoms with Crippen molar-refractivity contribution in [2.75, 3.05) is 11.9 Å². The number of nitrogens with one attached hydrogen (secondary N) is 2. The number of halogens is 1. The molecule has 1 heterocycles. The van der Waals surface area contributed by atoms with Gasteiger partial charge in [-0.3, -0.25) is 14.9 Å². The van der Waals surface area contributed by atoms with Gasteiger partial charge in [0.2, 0.25) is 0 Å². The number of anilines is 1. The van der Waals surface area contributed by atoms with Crippen LogP contribution in [-0.2, 0) is 4.79 Å². The molecular weight excluding hydrogens is 432 g/mol. The van der Waals surface area contributed by atoms with Gasteiger partial charge in [-0.25, -0.2) is 5.43 Å². The van der Waals surface area contributed by atoms with Gasteiger partial charge in [-0.05, 0) is 41.1 Å². The molecule has 0 atom stereocenters. The summed E-state index contributed by atoms with van der Waals surface area (Å²) >= 11 is 6.12. The first-order valence-electron chi connectivity index (χ1n) is 9.58. The van der Waals surface area contributed by atoms with Crippen molar-refractivity contribution in [1.29, 1.82) is 0 Å². The molecular formula is C23H17ClN4O4. The Hall–Kier alpha value is -4.17. The number of fused-ring (bicyclic) bond motifs is 1. The van der Waals surface area contributed by atoms with Crippen LogP contribution in [0.4, 0.5) is 11.4 Å². The molecule has 160 valence electrons. The fourth-order valence-corrected chi connectivity index (χ4v) is 3.34. The second kappa shape index (κ2) is 9.32. The number of carbonyl (C=O) groups is 1. The highest BCUT2D eigenvalue weighted by molar-refractivity contribution is 6.33. The van der Waals surface area contributed by atoms with Crippen molar-refractivity contribution in [1.82, 2.24) is 5.43 Å². The maximum Gasteiger partial charge on any atom is 0.270 e. The summed E-state index contributed by atoms with van der Waals surface area (Å²) in [5.41, 5.74) is 3.67. The third-order valence-corrected chi connectivity index (χ3v) is 4.95. The van der Waals surface area contributed by atoms with Gasteiger partial charge in [0, 0.05) is 23.4 Å². The summed E-state index contributed by atoms with van der Waals surface area (Å²) in [5.74, 6) is 0.493. The van der Waals surface area contributed by atoms with E-state index in [-0.39, 0.29) is 23.2 Å². The van der Waals surface area contributed by atoms with Crippen LogP contribution in [-0.4, -0.2) is 23.6 Å². The van der Waals surface area contributed by atoms with Crippen LogP contribution in [0.2, 0.25) is 5.02 Å². The van der Waals surface area contributed by atoms with Gasteiger partial charge in [-0.15, -0.1) is 0 Å². The van der Waals surface area contributed by atoms with E-state index in [1.807, 2.05) is 42.5 Å². The van der Waals surface area contributed by atoms with Gasteiger partial charge in [0.1, 0.15) is 11.5 Å². The normalized spacial score (nSPS) is 11.0. The Morgan fingerprint density at radius 1 is 1.06 bits per heavy atom. The van der Waals surface area contributed by atoms with Crippen LogP contribution in [0.25, 0.3) is 22.1 Å². The van der Waals surface area contributed by atoms with Crippen molar-refractivity contribution in [3.63, 3.8) is 0 Å². The molecule has 4 rings (SSSR count). The number of hydrogen-bond donors (Lipinski definition) is 2. The number of nitro groups is 1. The molecule has 0 aliphatic rings. The summed E-state index contributed by atoms with van der Waals surface area (Å²) in [7, 11) is 0. The van der Waals surface area contributed by atoms with Crippen molar-refractivity contribution >= 4 is 45.9 Å². The molecule has 1 amide bonds. The number of nitrogens with zero attached hydrogens (tertiary/aromatic N) is 2. The highest BCUT2D eigenvalue weighted by Crippen LogP contribution is 2.32. The Kier molecular flexibility index (Phi) is 6.14. The number of benzene rings is 3. The predicted molar refractivity (Wildman–Crippen MR) is 124 cm³/mol. The Labute approximate surface area is 187 Å². The zero-order chi connectivity index (χ0) is 22.5. The van der Waals surface area contributed by atoms with Crippen LogP contribution in [0.5, 0.6) is 0 Å². The molecule has 2 N–H and O–H groups in total. The number of rotatable bonds is 7. The molecule has 9 heteroatoms. The van der Waals surface area contributed by atoms with E-state index in [1.54, 1.807) is 12.1 Å². The summed E-state index contributed by atoms with van der Waals surface area (Å²) < 4.78 is 5.63. The van der Waals surface area contributed by atoms with Gasteiger partial charge in [0.05, 0.1) is 22.7 Å². The average molecular weight is 449 g/mol. The van der Waals surface area contributed by atoms with Gasteiger partial charge in [0.15, 0.2) is 0 Å². The number of non-ortho nitro benzene ring substituents is 1. The van der Waals surface area contributed by atoms with Crippen molar-refractivity contribution in [2.24, 2.45) is 5.10 Å². The van der Waals surface area contributed by atoms with Crippen LogP contribution >= 0.6 is 11.6 Å². The van der Waals surface area contributed by atoms with Gasteiger partial charge in [-0.2, -0.15) is 5.10 Å². The molecule has 0 spiro atoms. The van der Waals surface area contributed by atoms with Crippen LogP contribution in [0.15, 0.2) is 82.3 Å². The molecule has 0 aliphatic carbocycles. The van der Waals surface area contributed by atoms with Crippen molar-refractivity contribution in [3.05, 3.63) is 93.7 Å². The fourth-order valence-electron chi connectivity index (χ4n) is 3.07. The molecule has 3 aromatic carbocycles. The number of hydrogen-bond acceptors (Lipinski definition) is 6. The first-order chi connectivity index (χ1) is 15.5. The second-order valence-electron chi connectivity index (χ2n) is 6.83. The predicted octanol–water partition coefficient (Wildman–Crippen LogP) is 5.22. The summed E-state index contributed by atoms with van der Waals surface area (Å²) in [4.78, 5) is 22.3. The minimum atomic E-state index is -0.520. The first kappa shape index (κ1) is 21.1. The van der Waals surface area contributed by atoms with E-state index in [9.17, 15) is 14.9 Å². The highest BCUT2D eigenvalue weighted by atomic mass is 35.5. The maximum absolute atomic E-state index is 12.0. The Morgan fingerprint density at radius 3 is 2.66 bits per heavy atom. The standard InChI is InChI=1S/C23H17ClN4O4/c24-21-12-18(28(30)31)7-9-20(21)22-10-8-19(32-22)13-26-27-23(29)14-25-17-6-5-15-3-1-2-4-16(15)11-17/h1-13,25H,14H2,(H,27,29)/b26-13+. The molecule has 8 nitrogen and oxygen atoms in total. The third-order valence-electron chi connectivity index (χ3n) is 4.64. The monoisotopic (exact) mass is 448 g/mol. The molecule has 0 aliphatic heterocycles. The lowest BCUT2D eigenvalue weighted by Crippen LogP contribution is -2.25. The minimum Gasteiger partial charge on any atom is -0.455 e. The van der Waals surface area contributed by atoms with Gasteiger partial charge in [-0.1, -0.05) is 41.9 Å². The van der Waals surface area contributed by atoms with Gasteiger partial charge < -0.3 is 9.73 Å². The second-order valence-corrected chi connectivity index (χ2v) is 7.24. The topological polar surface area (TPSA) is 110 Å². The third kappa shape index (κ3) is 4.93. The fraction of sp³-hybridized carbons (Fsp3) is 0.0435. The number of carbonyl (C=O) groups excluding carboxylic acids is 1. The van der Waals surface area contributed by atoms with Crippen LogP contribution < -0.4 is 10.7 Å². The molecule has 0 unspecified atom stereocenters. The first-order valence-corrected chi connectivity index (χ1v) is 9.96. The highest BCUT2D eigenvalue weighted by Gasteiger charge is 2.13. The zero-order valence-corrected chi connectivity index (χ0v) is 17.4. The van der Waals surface area contributed by atoms with Crippen molar-refractivity contribution in [3.8, 4) is 11.3 Å². The van der Waals surface area contributed by atoms with E-state index in [0.29, 0.717) is 17.1 Å². The largest absolute Gasteiger partial charge is 0.455 e. The summed E-state index contributed by atoms with van der Waals surface area (Å²) in [5, 5.41) is 20.2. The van der Waals surface area contributed by atoms with Crippen molar-refractivity contribution < 1.29 is 14.1 Å². The zero-order valence-electron chi connectivity index (χ0n) is 16.6. The quantitative estimate of drug-likeness (QED) is 0.229. The maximum atomic E-state index is 12.0. The molecule has 0 bridgehead atoms. The van der Waals surface area contributed by atoms with Gasteiger partial charge >= 0.3 is 0 Å². The molecule has 4 aromatic rings. The molecule has 0 saturated carbocycles. The van der Waals surface area contributed by atoms with E-state index in [0.717, 1.165) is 16.5 Å². The Balaban J connectivity index is 1.32. The van der Waals surface area contributed by atoms with E-state index < -0.39 is 4.92 Å². The van der Waals surface area contributed by atoms with Gasteiger partial charge in [0.25, 0.3) is 11.6 Å². The minimum absolute atomic E-state index is 0.0531. The number of amides is 1. The van der Waals surface area contributed by atoms with Crippen molar-refractivity contribution in [2.45, 2.75) is 0 Å². The Morgan fingerprint density at radius 2 is 1.88 bits per heavy atom. The SMILES string of the molecule is O=C(CNc1ccc2ccccc2c1)N/N=C/c1ccc(-c2ccc([N+](=O)[O-])cc2Cl)o1. The smallest absolute Gasteiger partial charge is 0.270 e. The molecule has 1 aromatic heterocycles. The summed E-state index contributed by atoms with van der Waals surface area (Å²) in [6.45, 7) is 0.0531. The lowest BCUT2D eigenvalue weighted by atomic mass is 10.1. The van der Waals surface area contributed by atoms with E-state index in [1.165, 1.54) is 24.4 Å². The van der Waals surface area contributed by atoms with Crippen LogP contribution in [0.1, 0.15) is 5.76 Å². The van der Waals surface area contributed by atoms with Crippen LogP contribution in [0.3, 0.4) is 0 Å². The number of furan rings is 1. The number of hydrazone groups is 1. The summed E-state index contributed by atoms with van der Waals surface area (Å²) in [6, 6.07) is 21.3. The molecule has 0 saturated heterocycles. The van der Waals surface area contributed by atoms with E-state index in [2.05, 4.69) is 15.8 Å². The van der Waals surface area contributed by atoms with E-state index in [4.69, 9.17) is 16.0 Å². The Bertz CT molecular complexity index is 1330. The van der Waals surface area contributed by atoms with Crippen LogP contribution in [0, 0.1) is 10.1 Å². The average Bonchev–Trinajstić information content (AvgIpc) is 3.26. The molecule has 32 heavy (non-hydrogen) atoms. The molecule has 0 radical (unpaired) electrons. The lowest BCUT2D eigenvalue weighted by molar-refractivity contribution is -0.384. The lowest BCUT2D eigenvalue weighted by Gasteiger charge is -2.06. The number of nitro benzene ring substituents is 1. The molecule has 0 fully saturated rings. The van der Waals surface area contributed by atoms with E-state index >= 15 is 0 Å². The summed E-state index contributed by atoms with van der Waals surface area (Å²) in [6.07, 6.45) is 1.36.